The van der Waals surface area contributed by atoms with Crippen molar-refractivity contribution in [2.24, 2.45) is 5.73 Å². The predicted molar refractivity (Wildman–Crippen MR) is 79.6 cm³/mol. The van der Waals surface area contributed by atoms with Crippen LogP contribution in [0.5, 0.6) is 0 Å². The Balaban J connectivity index is 2.39. The number of aliphatic hydroxyl groups excluding tert-OH is 1. The zero-order valence-corrected chi connectivity index (χ0v) is 12.1. The first-order chi connectivity index (χ1) is 9.54. The van der Waals surface area contributed by atoms with Gasteiger partial charge >= 0.3 is 0 Å². The molecule has 20 heavy (non-hydrogen) atoms. The van der Waals surface area contributed by atoms with E-state index >= 15 is 0 Å². The van der Waals surface area contributed by atoms with Gasteiger partial charge < -0.3 is 10.8 Å². The van der Waals surface area contributed by atoms with Crippen molar-refractivity contribution < 1.29 is 9.50 Å². The van der Waals surface area contributed by atoms with Gasteiger partial charge in [0, 0.05) is 22.5 Å². The zero-order valence-electron chi connectivity index (χ0n) is 10.6. The molecule has 0 amide bonds. The molecule has 0 fully saturated rings. The average Bonchev–Trinajstić information content (AvgIpc) is 2.41. The van der Waals surface area contributed by atoms with Crippen molar-refractivity contribution in [1.82, 2.24) is 0 Å². The molecular formula is C15H14Cl2FNO. The molecule has 2 aromatic rings. The predicted octanol–water partition coefficient (Wildman–Crippen LogP) is 3.91. The molecule has 0 saturated heterocycles. The molecule has 3 N–H and O–H groups in total. The lowest BCUT2D eigenvalue weighted by Crippen LogP contribution is -2.21. The SMILES string of the molecule is NCC(c1ccccc1F)C(O)c1ccc(Cl)cc1Cl. The Morgan fingerprint density at radius 3 is 2.40 bits per heavy atom. The molecule has 0 spiro atoms. The van der Waals surface area contributed by atoms with Gasteiger partial charge in [-0.2, -0.15) is 0 Å². The number of hydrogen-bond donors (Lipinski definition) is 2. The van der Waals surface area contributed by atoms with Crippen LogP contribution in [0.15, 0.2) is 42.5 Å². The highest BCUT2D eigenvalue weighted by molar-refractivity contribution is 6.35. The van der Waals surface area contributed by atoms with Crippen molar-refractivity contribution in [2.45, 2.75) is 12.0 Å². The maximum Gasteiger partial charge on any atom is 0.126 e. The maximum absolute atomic E-state index is 13.8. The second-order valence-corrected chi connectivity index (χ2v) is 5.32. The molecule has 0 radical (unpaired) electrons. The van der Waals surface area contributed by atoms with E-state index in [0.29, 0.717) is 21.2 Å². The molecule has 0 aliphatic heterocycles. The molecule has 2 aromatic carbocycles. The summed E-state index contributed by atoms with van der Waals surface area (Å²) in [5, 5.41) is 11.3. The first kappa shape index (κ1) is 15.3. The van der Waals surface area contributed by atoms with Crippen LogP contribution in [0.1, 0.15) is 23.1 Å². The molecule has 2 atom stereocenters. The number of aliphatic hydroxyl groups is 1. The van der Waals surface area contributed by atoms with Crippen LogP contribution < -0.4 is 5.73 Å². The van der Waals surface area contributed by atoms with Crippen molar-refractivity contribution in [3.63, 3.8) is 0 Å². The zero-order chi connectivity index (χ0) is 14.7. The lowest BCUT2D eigenvalue weighted by atomic mass is 9.89. The first-order valence-corrected chi connectivity index (χ1v) is 6.87. The van der Waals surface area contributed by atoms with Crippen molar-refractivity contribution in [2.75, 3.05) is 6.54 Å². The van der Waals surface area contributed by atoms with Crippen molar-refractivity contribution in [1.29, 1.82) is 0 Å². The number of hydrogen-bond acceptors (Lipinski definition) is 2. The Morgan fingerprint density at radius 1 is 1.10 bits per heavy atom. The van der Waals surface area contributed by atoms with Gasteiger partial charge in [0.1, 0.15) is 5.82 Å². The fraction of sp³-hybridized carbons (Fsp3) is 0.200. The van der Waals surface area contributed by atoms with Crippen LogP contribution in [0.4, 0.5) is 4.39 Å². The molecule has 2 rings (SSSR count). The molecule has 5 heteroatoms. The number of nitrogens with two attached hydrogens (primary N) is 1. The third-order valence-electron chi connectivity index (χ3n) is 3.22. The fourth-order valence-electron chi connectivity index (χ4n) is 2.16. The van der Waals surface area contributed by atoms with E-state index in [1.807, 2.05) is 0 Å². The van der Waals surface area contributed by atoms with Crippen LogP contribution in [0, 0.1) is 5.82 Å². The van der Waals surface area contributed by atoms with E-state index < -0.39 is 17.8 Å². The standard InChI is InChI=1S/C15H14Cl2FNO/c16-9-5-6-11(13(17)7-9)15(20)12(8-19)10-3-1-2-4-14(10)18/h1-7,12,15,20H,8,19H2. The minimum Gasteiger partial charge on any atom is -0.388 e. The van der Waals surface area contributed by atoms with Gasteiger partial charge in [0.05, 0.1) is 6.10 Å². The quantitative estimate of drug-likeness (QED) is 0.899. The van der Waals surface area contributed by atoms with E-state index in [4.69, 9.17) is 28.9 Å². The summed E-state index contributed by atoms with van der Waals surface area (Å²) in [6, 6.07) is 11.0. The summed E-state index contributed by atoms with van der Waals surface area (Å²) in [6.07, 6.45) is -0.998. The van der Waals surface area contributed by atoms with Crippen LogP contribution in [0.25, 0.3) is 0 Å². The fourth-order valence-corrected chi connectivity index (χ4v) is 2.68. The molecule has 106 valence electrons. The van der Waals surface area contributed by atoms with Gasteiger partial charge in [-0.15, -0.1) is 0 Å². The molecule has 0 aromatic heterocycles. The second-order valence-electron chi connectivity index (χ2n) is 4.47. The Hall–Kier alpha value is -1.13. The Labute approximate surface area is 126 Å². The molecular weight excluding hydrogens is 300 g/mol. The third-order valence-corrected chi connectivity index (χ3v) is 3.78. The lowest BCUT2D eigenvalue weighted by molar-refractivity contribution is 0.146. The number of halogens is 3. The monoisotopic (exact) mass is 313 g/mol. The minimum absolute atomic E-state index is 0.0983. The van der Waals surface area contributed by atoms with Crippen molar-refractivity contribution >= 4 is 23.2 Å². The van der Waals surface area contributed by atoms with Gasteiger partial charge in [0.2, 0.25) is 0 Å². The Morgan fingerprint density at radius 2 is 1.80 bits per heavy atom. The van der Waals surface area contributed by atoms with Crippen LogP contribution in [0.3, 0.4) is 0 Å². The first-order valence-electron chi connectivity index (χ1n) is 6.12. The maximum atomic E-state index is 13.8. The molecule has 0 heterocycles. The molecule has 0 aliphatic rings. The Bertz CT molecular complexity index is 606. The van der Waals surface area contributed by atoms with Crippen LogP contribution in [-0.4, -0.2) is 11.7 Å². The summed E-state index contributed by atoms with van der Waals surface area (Å²) in [6.45, 7) is 0.0983. The van der Waals surface area contributed by atoms with Gasteiger partial charge in [0.15, 0.2) is 0 Å². The summed E-state index contributed by atoms with van der Waals surface area (Å²) in [7, 11) is 0. The topological polar surface area (TPSA) is 46.2 Å². The molecule has 2 unspecified atom stereocenters. The van der Waals surface area contributed by atoms with E-state index in [2.05, 4.69) is 0 Å². The van der Waals surface area contributed by atoms with Gasteiger partial charge in [-0.1, -0.05) is 47.5 Å². The normalized spacial score (nSPS) is 14.1. The molecule has 0 bridgehead atoms. The van der Waals surface area contributed by atoms with Crippen LogP contribution in [0.2, 0.25) is 10.0 Å². The summed E-state index contributed by atoms with van der Waals surface area (Å²) in [4.78, 5) is 0. The molecule has 0 aliphatic carbocycles. The highest BCUT2D eigenvalue weighted by Gasteiger charge is 2.25. The second kappa shape index (κ2) is 6.55. The van der Waals surface area contributed by atoms with Gasteiger partial charge in [-0.05, 0) is 29.3 Å². The van der Waals surface area contributed by atoms with Crippen molar-refractivity contribution in [3.8, 4) is 0 Å². The highest BCUT2D eigenvalue weighted by Crippen LogP contribution is 2.35. The third kappa shape index (κ3) is 3.13. The number of rotatable bonds is 4. The minimum atomic E-state index is -0.998. The van der Waals surface area contributed by atoms with Gasteiger partial charge in [-0.25, -0.2) is 4.39 Å². The largest absolute Gasteiger partial charge is 0.388 e. The summed E-state index contributed by atoms with van der Waals surface area (Å²) < 4.78 is 13.8. The van der Waals surface area contributed by atoms with E-state index in [9.17, 15) is 9.50 Å². The van der Waals surface area contributed by atoms with Crippen molar-refractivity contribution in [3.05, 3.63) is 69.5 Å². The van der Waals surface area contributed by atoms with E-state index in [1.54, 1.807) is 30.3 Å². The van der Waals surface area contributed by atoms with Gasteiger partial charge in [0.25, 0.3) is 0 Å². The van der Waals surface area contributed by atoms with E-state index in [-0.39, 0.29) is 6.54 Å². The smallest absolute Gasteiger partial charge is 0.126 e. The summed E-state index contributed by atoms with van der Waals surface area (Å²) in [5.74, 6) is -0.970. The summed E-state index contributed by atoms with van der Waals surface area (Å²) in [5.41, 5.74) is 6.55. The average molecular weight is 314 g/mol. The lowest BCUT2D eigenvalue weighted by Gasteiger charge is -2.23. The molecule has 2 nitrogen and oxygen atoms in total. The van der Waals surface area contributed by atoms with Crippen LogP contribution in [-0.2, 0) is 0 Å². The van der Waals surface area contributed by atoms with Gasteiger partial charge in [-0.3, -0.25) is 0 Å². The van der Waals surface area contributed by atoms with E-state index in [1.165, 1.54) is 12.1 Å². The van der Waals surface area contributed by atoms with E-state index in [0.717, 1.165) is 0 Å². The molecule has 0 saturated carbocycles. The van der Waals surface area contributed by atoms with Crippen LogP contribution >= 0.6 is 23.2 Å². The summed E-state index contributed by atoms with van der Waals surface area (Å²) >= 11 is 11.9. The highest BCUT2D eigenvalue weighted by atomic mass is 35.5. The number of benzene rings is 2. The Kier molecular flexibility index (Phi) is 5.00.